The maximum Gasteiger partial charge on any atom is 0.119 e. The summed E-state index contributed by atoms with van der Waals surface area (Å²) in [6, 6.07) is 6.92. The first-order valence-electron chi connectivity index (χ1n) is 6.36. The van der Waals surface area contributed by atoms with Crippen LogP contribution in [-0.2, 0) is 11.2 Å². The zero-order valence-corrected chi connectivity index (χ0v) is 10.2. The van der Waals surface area contributed by atoms with E-state index in [1.54, 1.807) is 7.11 Å². The molecule has 1 fully saturated rings. The molecule has 17 heavy (non-hydrogen) atoms. The van der Waals surface area contributed by atoms with Crippen molar-refractivity contribution in [3.63, 3.8) is 0 Å². The molecule has 2 heterocycles. The molecule has 92 valence electrons. The minimum absolute atomic E-state index is 0.465. The number of rotatable bonds is 2. The van der Waals surface area contributed by atoms with Crippen molar-refractivity contribution in [2.75, 3.05) is 26.9 Å². The molecule has 0 aromatic heterocycles. The Balaban J connectivity index is 1.90. The summed E-state index contributed by atoms with van der Waals surface area (Å²) in [4.78, 5) is 0. The van der Waals surface area contributed by atoms with Crippen LogP contribution in [0.2, 0.25) is 0 Å². The number of methoxy groups -OCH3 is 1. The van der Waals surface area contributed by atoms with Crippen molar-refractivity contribution < 1.29 is 9.47 Å². The minimum Gasteiger partial charge on any atom is -0.497 e. The van der Waals surface area contributed by atoms with Gasteiger partial charge in [0.1, 0.15) is 5.75 Å². The van der Waals surface area contributed by atoms with Gasteiger partial charge in [0.15, 0.2) is 0 Å². The fourth-order valence-corrected chi connectivity index (χ4v) is 2.94. The summed E-state index contributed by atoms with van der Waals surface area (Å²) >= 11 is 0. The summed E-state index contributed by atoms with van der Waals surface area (Å²) in [6.45, 7) is 2.86. The molecule has 0 bridgehead atoms. The molecule has 1 aromatic rings. The van der Waals surface area contributed by atoms with E-state index in [1.165, 1.54) is 17.5 Å². The van der Waals surface area contributed by atoms with Gasteiger partial charge in [-0.25, -0.2) is 0 Å². The molecular formula is C14H19NO2. The second-order valence-corrected chi connectivity index (χ2v) is 4.87. The third-order valence-corrected chi connectivity index (χ3v) is 3.88. The number of fused-ring (bicyclic) bond motifs is 1. The number of ether oxygens (including phenoxy) is 2. The van der Waals surface area contributed by atoms with Gasteiger partial charge in [-0.1, -0.05) is 6.07 Å². The van der Waals surface area contributed by atoms with Crippen LogP contribution in [0.3, 0.4) is 0 Å². The average molecular weight is 233 g/mol. The lowest BCUT2D eigenvalue weighted by molar-refractivity contribution is 0.176. The van der Waals surface area contributed by atoms with E-state index in [0.717, 1.165) is 31.9 Å². The van der Waals surface area contributed by atoms with Gasteiger partial charge in [0.05, 0.1) is 13.7 Å². The van der Waals surface area contributed by atoms with Crippen molar-refractivity contribution in [1.82, 2.24) is 5.32 Å². The number of hydrogen-bond acceptors (Lipinski definition) is 3. The molecule has 2 aliphatic heterocycles. The molecule has 1 saturated heterocycles. The molecule has 2 unspecified atom stereocenters. The van der Waals surface area contributed by atoms with Gasteiger partial charge in [0, 0.05) is 18.6 Å². The van der Waals surface area contributed by atoms with Crippen LogP contribution in [-0.4, -0.2) is 26.9 Å². The molecule has 1 aromatic carbocycles. The molecule has 2 atom stereocenters. The first-order chi connectivity index (χ1) is 8.38. The van der Waals surface area contributed by atoms with Crippen molar-refractivity contribution in [2.45, 2.75) is 18.9 Å². The van der Waals surface area contributed by atoms with Crippen LogP contribution < -0.4 is 10.1 Å². The fraction of sp³-hybridized carbons (Fsp3) is 0.571. The maximum atomic E-state index is 5.51. The van der Waals surface area contributed by atoms with E-state index in [0.29, 0.717) is 12.0 Å². The zero-order chi connectivity index (χ0) is 11.7. The summed E-state index contributed by atoms with van der Waals surface area (Å²) in [5.74, 6) is 1.59. The lowest BCUT2D eigenvalue weighted by Crippen LogP contribution is -2.35. The predicted molar refractivity (Wildman–Crippen MR) is 66.4 cm³/mol. The van der Waals surface area contributed by atoms with Gasteiger partial charge < -0.3 is 14.8 Å². The van der Waals surface area contributed by atoms with E-state index in [1.807, 2.05) is 0 Å². The van der Waals surface area contributed by atoms with Crippen molar-refractivity contribution in [3.8, 4) is 5.75 Å². The SMILES string of the molecule is COc1ccc2c(c1)CCNC2C1CCOC1. The maximum absolute atomic E-state index is 5.51. The molecule has 0 amide bonds. The second-order valence-electron chi connectivity index (χ2n) is 4.87. The molecule has 2 aliphatic rings. The van der Waals surface area contributed by atoms with Gasteiger partial charge >= 0.3 is 0 Å². The van der Waals surface area contributed by atoms with E-state index in [4.69, 9.17) is 9.47 Å². The normalized spacial score (nSPS) is 27.8. The van der Waals surface area contributed by atoms with Crippen LogP contribution >= 0.6 is 0 Å². The highest BCUT2D eigenvalue weighted by molar-refractivity contribution is 5.39. The average Bonchev–Trinajstić information content (AvgIpc) is 2.91. The molecule has 3 heteroatoms. The van der Waals surface area contributed by atoms with Crippen LogP contribution in [0, 0.1) is 5.92 Å². The third-order valence-electron chi connectivity index (χ3n) is 3.88. The van der Waals surface area contributed by atoms with Gasteiger partial charge in [-0.05, 0) is 42.6 Å². The first-order valence-corrected chi connectivity index (χ1v) is 6.36. The summed E-state index contributed by atoms with van der Waals surface area (Å²) in [6.07, 6.45) is 2.26. The van der Waals surface area contributed by atoms with Crippen molar-refractivity contribution in [2.24, 2.45) is 5.92 Å². The molecule has 1 N–H and O–H groups in total. The quantitative estimate of drug-likeness (QED) is 0.846. The Morgan fingerprint density at radius 2 is 2.35 bits per heavy atom. The first kappa shape index (κ1) is 11.1. The lowest BCUT2D eigenvalue weighted by Gasteiger charge is -2.31. The lowest BCUT2D eigenvalue weighted by atomic mass is 9.86. The Hall–Kier alpha value is -1.06. The minimum atomic E-state index is 0.465. The number of nitrogens with one attached hydrogen (secondary N) is 1. The highest BCUT2D eigenvalue weighted by Gasteiger charge is 2.30. The molecule has 0 spiro atoms. The highest BCUT2D eigenvalue weighted by atomic mass is 16.5. The molecule has 0 aliphatic carbocycles. The third kappa shape index (κ3) is 2.05. The van der Waals surface area contributed by atoms with Crippen molar-refractivity contribution >= 4 is 0 Å². The molecule has 3 nitrogen and oxygen atoms in total. The smallest absolute Gasteiger partial charge is 0.119 e. The van der Waals surface area contributed by atoms with E-state index >= 15 is 0 Å². The Morgan fingerprint density at radius 1 is 1.41 bits per heavy atom. The topological polar surface area (TPSA) is 30.5 Å². The Bertz CT molecular complexity index is 399. The second kappa shape index (κ2) is 4.67. The Morgan fingerprint density at radius 3 is 3.12 bits per heavy atom. The van der Waals surface area contributed by atoms with E-state index in [9.17, 15) is 0 Å². The largest absolute Gasteiger partial charge is 0.497 e. The van der Waals surface area contributed by atoms with E-state index < -0.39 is 0 Å². The predicted octanol–water partition coefficient (Wildman–Crippen LogP) is 1.92. The van der Waals surface area contributed by atoms with Crippen LogP contribution in [0.5, 0.6) is 5.75 Å². The van der Waals surface area contributed by atoms with Gasteiger partial charge in [-0.3, -0.25) is 0 Å². The number of benzene rings is 1. The van der Waals surface area contributed by atoms with Gasteiger partial charge in [0.2, 0.25) is 0 Å². The van der Waals surface area contributed by atoms with Crippen molar-refractivity contribution in [3.05, 3.63) is 29.3 Å². The fourth-order valence-electron chi connectivity index (χ4n) is 2.94. The molecule has 0 saturated carbocycles. The van der Waals surface area contributed by atoms with E-state index in [-0.39, 0.29) is 0 Å². The monoisotopic (exact) mass is 233 g/mol. The molecular weight excluding hydrogens is 214 g/mol. The van der Waals surface area contributed by atoms with Crippen LogP contribution in [0.15, 0.2) is 18.2 Å². The summed E-state index contributed by atoms with van der Waals surface area (Å²) < 4.78 is 10.8. The summed E-state index contributed by atoms with van der Waals surface area (Å²) in [5.41, 5.74) is 2.87. The summed E-state index contributed by atoms with van der Waals surface area (Å²) in [5, 5.41) is 3.63. The van der Waals surface area contributed by atoms with Crippen molar-refractivity contribution in [1.29, 1.82) is 0 Å². The van der Waals surface area contributed by atoms with Gasteiger partial charge in [0.25, 0.3) is 0 Å². The van der Waals surface area contributed by atoms with Crippen LogP contribution in [0.4, 0.5) is 0 Å². The number of hydrogen-bond donors (Lipinski definition) is 1. The Kier molecular flexibility index (Phi) is 3.04. The van der Waals surface area contributed by atoms with Crippen LogP contribution in [0.25, 0.3) is 0 Å². The van der Waals surface area contributed by atoms with E-state index in [2.05, 4.69) is 23.5 Å². The highest BCUT2D eigenvalue weighted by Crippen LogP contribution is 2.34. The Labute approximate surface area is 102 Å². The standard InChI is InChI=1S/C14H19NO2/c1-16-12-2-3-13-10(8-12)4-6-15-14(13)11-5-7-17-9-11/h2-3,8,11,14-15H,4-7,9H2,1H3. The zero-order valence-electron chi connectivity index (χ0n) is 10.2. The molecule has 0 radical (unpaired) electrons. The summed E-state index contributed by atoms with van der Waals surface area (Å²) in [7, 11) is 1.73. The van der Waals surface area contributed by atoms with Gasteiger partial charge in [-0.2, -0.15) is 0 Å². The molecule has 3 rings (SSSR count). The van der Waals surface area contributed by atoms with Gasteiger partial charge in [-0.15, -0.1) is 0 Å². The van der Waals surface area contributed by atoms with Crippen LogP contribution in [0.1, 0.15) is 23.6 Å².